The maximum absolute atomic E-state index is 5.98. The standard InChI is InChI=1S/C18H24N4O.HI/c1-22(2)17(14-8-7-11-16(12-14)23-3)13-20-18(19)21-15-9-5-4-6-10-15;/h4-12,17H,13H2,1-3H3,(H3,19,20,21);1H. The molecule has 0 aromatic heterocycles. The molecule has 0 amide bonds. The maximum Gasteiger partial charge on any atom is 0.193 e. The van der Waals surface area contributed by atoms with Gasteiger partial charge < -0.3 is 20.7 Å². The van der Waals surface area contributed by atoms with Gasteiger partial charge in [-0.25, -0.2) is 0 Å². The van der Waals surface area contributed by atoms with Crippen LogP contribution in [0.3, 0.4) is 0 Å². The Morgan fingerprint density at radius 3 is 2.50 bits per heavy atom. The van der Waals surface area contributed by atoms with Gasteiger partial charge in [0.25, 0.3) is 0 Å². The van der Waals surface area contributed by atoms with Crippen LogP contribution in [-0.2, 0) is 0 Å². The molecular weight excluding hydrogens is 415 g/mol. The molecule has 0 fully saturated rings. The Morgan fingerprint density at radius 1 is 1.17 bits per heavy atom. The summed E-state index contributed by atoms with van der Waals surface area (Å²) < 4.78 is 5.30. The van der Waals surface area contributed by atoms with Crippen molar-refractivity contribution >= 4 is 35.6 Å². The third-order valence-electron chi connectivity index (χ3n) is 3.58. The van der Waals surface area contributed by atoms with E-state index in [4.69, 9.17) is 10.5 Å². The SMILES string of the molecule is COc1cccc(C(CN=C(N)Nc2ccccc2)N(C)C)c1.I. The lowest BCUT2D eigenvalue weighted by Gasteiger charge is -2.23. The number of hydrogen-bond donors (Lipinski definition) is 2. The lowest BCUT2D eigenvalue weighted by molar-refractivity contribution is 0.305. The highest BCUT2D eigenvalue weighted by molar-refractivity contribution is 14.0. The fourth-order valence-corrected chi connectivity index (χ4v) is 2.31. The van der Waals surface area contributed by atoms with Crippen molar-refractivity contribution in [3.05, 3.63) is 60.2 Å². The number of ether oxygens (including phenoxy) is 1. The molecular formula is C18H25IN4O. The van der Waals surface area contributed by atoms with E-state index in [0.29, 0.717) is 12.5 Å². The zero-order chi connectivity index (χ0) is 16.7. The highest BCUT2D eigenvalue weighted by atomic mass is 127. The van der Waals surface area contributed by atoms with Crippen LogP contribution < -0.4 is 15.8 Å². The summed E-state index contributed by atoms with van der Waals surface area (Å²) >= 11 is 0. The lowest BCUT2D eigenvalue weighted by Crippen LogP contribution is -2.27. The number of halogens is 1. The molecule has 5 nitrogen and oxygen atoms in total. The second-order valence-electron chi connectivity index (χ2n) is 5.47. The maximum atomic E-state index is 5.98. The molecule has 1 atom stereocenters. The molecule has 0 aliphatic rings. The van der Waals surface area contributed by atoms with Crippen molar-refractivity contribution in [2.24, 2.45) is 10.7 Å². The highest BCUT2D eigenvalue weighted by Crippen LogP contribution is 2.22. The Hall–Kier alpha value is -1.80. The van der Waals surface area contributed by atoms with Crippen LogP contribution in [-0.4, -0.2) is 38.6 Å². The first-order valence-electron chi connectivity index (χ1n) is 7.52. The molecule has 0 saturated carbocycles. The number of guanidine groups is 1. The summed E-state index contributed by atoms with van der Waals surface area (Å²) in [7, 11) is 5.73. The van der Waals surface area contributed by atoms with Crippen LogP contribution in [0.1, 0.15) is 11.6 Å². The number of para-hydroxylation sites is 1. The number of nitrogens with two attached hydrogens (primary N) is 1. The first-order valence-corrected chi connectivity index (χ1v) is 7.52. The summed E-state index contributed by atoms with van der Waals surface area (Å²) in [4.78, 5) is 6.59. The van der Waals surface area contributed by atoms with Crippen molar-refractivity contribution in [2.75, 3.05) is 33.1 Å². The van der Waals surface area contributed by atoms with Gasteiger partial charge in [0.05, 0.1) is 19.7 Å². The van der Waals surface area contributed by atoms with Gasteiger partial charge in [-0.15, -0.1) is 24.0 Å². The molecule has 0 aliphatic carbocycles. The fourth-order valence-electron chi connectivity index (χ4n) is 2.31. The van der Waals surface area contributed by atoms with Crippen LogP contribution in [0.5, 0.6) is 5.75 Å². The largest absolute Gasteiger partial charge is 0.497 e. The third kappa shape index (κ3) is 6.01. The average molecular weight is 440 g/mol. The minimum atomic E-state index is 0. The van der Waals surface area contributed by atoms with Crippen LogP contribution in [0.15, 0.2) is 59.6 Å². The second kappa shape index (κ2) is 10.1. The Balaban J connectivity index is 0.00000288. The molecule has 130 valence electrons. The van der Waals surface area contributed by atoms with E-state index >= 15 is 0 Å². The molecule has 0 bridgehead atoms. The summed E-state index contributed by atoms with van der Waals surface area (Å²) in [6.45, 7) is 0.561. The summed E-state index contributed by atoms with van der Waals surface area (Å²) in [5.41, 5.74) is 8.06. The zero-order valence-electron chi connectivity index (χ0n) is 14.3. The minimum absolute atomic E-state index is 0. The van der Waals surface area contributed by atoms with Gasteiger partial charge in [-0.05, 0) is 43.9 Å². The summed E-state index contributed by atoms with van der Waals surface area (Å²) in [5, 5.41) is 3.09. The van der Waals surface area contributed by atoms with Crippen molar-refractivity contribution < 1.29 is 4.74 Å². The quantitative estimate of drug-likeness (QED) is 0.411. The number of nitrogens with zero attached hydrogens (tertiary/aromatic N) is 2. The zero-order valence-corrected chi connectivity index (χ0v) is 16.6. The van der Waals surface area contributed by atoms with E-state index in [-0.39, 0.29) is 30.0 Å². The van der Waals surface area contributed by atoms with Gasteiger partial charge in [0.1, 0.15) is 5.75 Å². The molecule has 24 heavy (non-hydrogen) atoms. The predicted octanol–water partition coefficient (Wildman–Crippen LogP) is 3.34. The Morgan fingerprint density at radius 2 is 1.88 bits per heavy atom. The first kappa shape index (κ1) is 20.2. The smallest absolute Gasteiger partial charge is 0.193 e. The highest BCUT2D eigenvalue weighted by Gasteiger charge is 2.14. The number of benzene rings is 2. The van der Waals surface area contributed by atoms with Crippen molar-refractivity contribution in [1.29, 1.82) is 0 Å². The van der Waals surface area contributed by atoms with Crippen molar-refractivity contribution in [3.8, 4) is 5.75 Å². The molecule has 0 spiro atoms. The van der Waals surface area contributed by atoms with Gasteiger partial charge in [0, 0.05) is 5.69 Å². The van der Waals surface area contributed by atoms with Crippen molar-refractivity contribution in [3.63, 3.8) is 0 Å². The predicted molar refractivity (Wildman–Crippen MR) is 111 cm³/mol. The summed E-state index contributed by atoms with van der Waals surface area (Å²) in [6, 6.07) is 17.9. The number of hydrogen-bond acceptors (Lipinski definition) is 3. The van der Waals surface area contributed by atoms with E-state index in [2.05, 4.69) is 21.3 Å². The van der Waals surface area contributed by atoms with E-state index in [9.17, 15) is 0 Å². The molecule has 6 heteroatoms. The topological polar surface area (TPSA) is 62.9 Å². The van der Waals surface area contributed by atoms with Gasteiger partial charge in [0.15, 0.2) is 5.96 Å². The van der Waals surface area contributed by atoms with Crippen LogP contribution in [0.25, 0.3) is 0 Å². The second-order valence-corrected chi connectivity index (χ2v) is 5.47. The first-order chi connectivity index (χ1) is 11.1. The van der Waals surface area contributed by atoms with E-state index in [0.717, 1.165) is 17.0 Å². The molecule has 0 heterocycles. The Labute approximate surface area is 160 Å². The number of likely N-dealkylation sites (N-methyl/N-ethyl adjacent to an activating group) is 1. The molecule has 2 aromatic rings. The third-order valence-corrected chi connectivity index (χ3v) is 3.58. The average Bonchev–Trinajstić information content (AvgIpc) is 2.56. The Kier molecular flexibility index (Phi) is 8.56. The van der Waals surface area contributed by atoms with E-state index in [1.165, 1.54) is 0 Å². The van der Waals surface area contributed by atoms with Crippen molar-refractivity contribution in [1.82, 2.24) is 4.90 Å². The molecule has 2 rings (SSSR count). The van der Waals surface area contributed by atoms with E-state index in [1.54, 1.807) is 7.11 Å². The molecule has 0 radical (unpaired) electrons. The molecule has 0 saturated heterocycles. The van der Waals surface area contributed by atoms with Crippen LogP contribution >= 0.6 is 24.0 Å². The van der Waals surface area contributed by atoms with Gasteiger partial charge >= 0.3 is 0 Å². The molecule has 2 aromatic carbocycles. The normalized spacial score (nSPS) is 12.4. The van der Waals surface area contributed by atoms with Crippen molar-refractivity contribution in [2.45, 2.75) is 6.04 Å². The molecule has 1 unspecified atom stereocenters. The molecule has 3 N–H and O–H groups in total. The number of nitrogens with one attached hydrogen (secondary N) is 1. The summed E-state index contributed by atoms with van der Waals surface area (Å²) in [6.07, 6.45) is 0. The van der Waals surface area contributed by atoms with Crippen LogP contribution in [0.2, 0.25) is 0 Å². The summed E-state index contributed by atoms with van der Waals surface area (Å²) in [5.74, 6) is 1.25. The number of aliphatic imine (C=N–C) groups is 1. The fraction of sp³-hybridized carbons (Fsp3) is 0.278. The van der Waals surface area contributed by atoms with Gasteiger partial charge in [-0.2, -0.15) is 0 Å². The van der Waals surface area contributed by atoms with E-state index in [1.807, 2.05) is 62.6 Å². The van der Waals surface area contributed by atoms with Crippen LogP contribution in [0, 0.1) is 0 Å². The monoisotopic (exact) mass is 440 g/mol. The molecule has 0 aliphatic heterocycles. The van der Waals surface area contributed by atoms with E-state index < -0.39 is 0 Å². The van der Waals surface area contributed by atoms with Gasteiger partial charge in [-0.3, -0.25) is 4.99 Å². The number of rotatable bonds is 6. The Bertz CT molecular complexity index is 646. The lowest BCUT2D eigenvalue weighted by atomic mass is 10.1. The number of methoxy groups -OCH3 is 1. The minimum Gasteiger partial charge on any atom is -0.497 e. The van der Waals surface area contributed by atoms with Gasteiger partial charge in [0.2, 0.25) is 0 Å². The van der Waals surface area contributed by atoms with Gasteiger partial charge in [-0.1, -0.05) is 30.3 Å². The number of anilines is 1. The van der Waals surface area contributed by atoms with Crippen LogP contribution in [0.4, 0.5) is 5.69 Å².